The molecule has 1 unspecified atom stereocenters. The summed E-state index contributed by atoms with van der Waals surface area (Å²) in [6.07, 6.45) is 2.06. The Morgan fingerprint density at radius 1 is 1.23 bits per heavy atom. The van der Waals surface area contributed by atoms with Crippen molar-refractivity contribution in [1.29, 1.82) is 0 Å². The number of hydrogen-bond acceptors (Lipinski definition) is 5. The molecule has 1 aromatic heterocycles. The van der Waals surface area contributed by atoms with Crippen LogP contribution < -0.4 is 5.32 Å². The van der Waals surface area contributed by atoms with Crippen molar-refractivity contribution >= 4 is 27.1 Å². The number of amides is 1. The molecule has 0 aliphatic carbocycles. The smallest absolute Gasteiger partial charge is 0.272 e. The molecule has 1 saturated heterocycles. The molecule has 0 bridgehead atoms. The molecule has 1 fully saturated rings. The molecule has 0 spiro atoms. The molecule has 1 aromatic carbocycles. The van der Waals surface area contributed by atoms with Crippen LogP contribution in [0.5, 0.6) is 0 Å². The van der Waals surface area contributed by atoms with Gasteiger partial charge in [0.15, 0.2) is 9.84 Å². The third-order valence-corrected chi connectivity index (χ3v) is 6.47. The second-order valence-electron chi connectivity index (χ2n) is 6.85. The molecule has 0 radical (unpaired) electrons. The quantitative estimate of drug-likeness (QED) is 0.891. The lowest BCUT2D eigenvalue weighted by atomic mass is 10.1. The Balaban J connectivity index is 1.77. The van der Waals surface area contributed by atoms with Gasteiger partial charge in [-0.15, -0.1) is 0 Å². The average Bonchev–Trinajstić information content (AvgIpc) is 2.96. The fourth-order valence-electron chi connectivity index (χ4n) is 3.16. The van der Waals surface area contributed by atoms with Gasteiger partial charge in [-0.1, -0.05) is 17.7 Å². The van der Waals surface area contributed by atoms with E-state index < -0.39 is 9.84 Å². The van der Waals surface area contributed by atoms with E-state index in [4.69, 9.17) is 0 Å². The van der Waals surface area contributed by atoms with Gasteiger partial charge < -0.3 is 10.2 Å². The first-order valence-electron chi connectivity index (χ1n) is 8.53. The predicted molar refractivity (Wildman–Crippen MR) is 103 cm³/mol. The summed E-state index contributed by atoms with van der Waals surface area (Å²) < 4.78 is 23.3. The number of carbonyl (C=O) groups is 1. The second-order valence-corrected chi connectivity index (χ2v) is 9.07. The first-order valence-corrected chi connectivity index (χ1v) is 10.4. The predicted octanol–water partition coefficient (Wildman–Crippen LogP) is 2.70. The molecule has 0 saturated carbocycles. The molecule has 1 N–H and O–H groups in total. The number of anilines is 2. The number of nitrogens with zero attached hydrogens (tertiary/aromatic N) is 2. The number of rotatable bonds is 4. The number of benzene rings is 1. The van der Waals surface area contributed by atoms with Crippen molar-refractivity contribution in [3.63, 3.8) is 0 Å². The standard InChI is InChI=1S/C19H23N3O3S/c1-13-4-5-17(14(2)10-13)21-15-6-8-20-18(11-15)19(23)22(3)16-7-9-26(24,25)12-16/h4-6,8,10-11,16H,7,9,12H2,1-3H3,(H,20,21). The van der Waals surface area contributed by atoms with Gasteiger partial charge >= 0.3 is 0 Å². The van der Waals surface area contributed by atoms with Gasteiger partial charge in [0.05, 0.1) is 11.5 Å². The Labute approximate surface area is 154 Å². The molecule has 2 aromatic rings. The maximum Gasteiger partial charge on any atom is 0.272 e. The van der Waals surface area contributed by atoms with Crippen LogP contribution in [-0.4, -0.2) is 48.8 Å². The van der Waals surface area contributed by atoms with E-state index in [1.54, 1.807) is 25.4 Å². The van der Waals surface area contributed by atoms with Crippen LogP contribution >= 0.6 is 0 Å². The summed E-state index contributed by atoms with van der Waals surface area (Å²) in [4.78, 5) is 18.4. The van der Waals surface area contributed by atoms with E-state index in [9.17, 15) is 13.2 Å². The van der Waals surface area contributed by atoms with Crippen LogP contribution in [0.3, 0.4) is 0 Å². The number of hydrogen-bond donors (Lipinski definition) is 1. The minimum Gasteiger partial charge on any atom is -0.355 e. The van der Waals surface area contributed by atoms with Gasteiger partial charge in [-0.3, -0.25) is 9.78 Å². The van der Waals surface area contributed by atoms with Gasteiger partial charge in [-0.2, -0.15) is 0 Å². The van der Waals surface area contributed by atoms with Crippen molar-refractivity contribution in [2.24, 2.45) is 0 Å². The summed E-state index contributed by atoms with van der Waals surface area (Å²) in [5, 5.41) is 3.31. The van der Waals surface area contributed by atoms with E-state index in [1.807, 2.05) is 26.0 Å². The summed E-state index contributed by atoms with van der Waals surface area (Å²) in [5.74, 6) is -0.108. The average molecular weight is 373 g/mol. The Hall–Kier alpha value is -2.41. The molecule has 138 valence electrons. The largest absolute Gasteiger partial charge is 0.355 e. The van der Waals surface area contributed by atoms with Gasteiger partial charge in [0.2, 0.25) is 0 Å². The minimum absolute atomic E-state index is 0.0236. The first-order chi connectivity index (χ1) is 12.2. The van der Waals surface area contributed by atoms with Gasteiger partial charge in [0, 0.05) is 30.7 Å². The zero-order valence-electron chi connectivity index (χ0n) is 15.2. The monoisotopic (exact) mass is 373 g/mol. The van der Waals surface area contributed by atoms with Crippen LogP contribution in [0.25, 0.3) is 0 Å². The molecule has 3 rings (SSSR count). The molecule has 1 atom stereocenters. The number of aryl methyl sites for hydroxylation is 2. The number of nitrogens with one attached hydrogen (secondary N) is 1. The molecule has 1 amide bonds. The molecule has 6 nitrogen and oxygen atoms in total. The third-order valence-electron chi connectivity index (χ3n) is 4.72. The fraction of sp³-hybridized carbons (Fsp3) is 0.368. The van der Waals surface area contributed by atoms with Crippen LogP contribution in [0.15, 0.2) is 36.5 Å². The zero-order chi connectivity index (χ0) is 18.9. The van der Waals surface area contributed by atoms with Gasteiger partial charge in [-0.05, 0) is 44.0 Å². The maximum absolute atomic E-state index is 12.7. The normalized spacial score (nSPS) is 18.5. The van der Waals surface area contributed by atoms with Gasteiger partial charge in [-0.25, -0.2) is 8.42 Å². The second kappa shape index (κ2) is 7.07. The van der Waals surface area contributed by atoms with Crippen LogP contribution in [0, 0.1) is 13.8 Å². The zero-order valence-corrected chi connectivity index (χ0v) is 16.0. The van der Waals surface area contributed by atoms with Crippen molar-refractivity contribution in [1.82, 2.24) is 9.88 Å². The van der Waals surface area contributed by atoms with E-state index in [1.165, 1.54) is 10.5 Å². The van der Waals surface area contributed by atoms with Crippen LogP contribution in [0.4, 0.5) is 11.4 Å². The number of carbonyl (C=O) groups excluding carboxylic acids is 1. The molecule has 1 aliphatic heterocycles. The molecule has 7 heteroatoms. The Morgan fingerprint density at radius 2 is 2.00 bits per heavy atom. The van der Waals surface area contributed by atoms with E-state index in [-0.39, 0.29) is 23.5 Å². The Kier molecular flexibility index (Phi) is 5.00. The molecule has 1 aliphatic rings. The highest BCUT2D eigenvalue weighted by Gasteiger charge is 2.33. The van der Waals surface area contributed by atoms with Crippen molar-refractivity contribution in [3.8, 4) is 0 Å². The highest BCUT2D eigenvalue weighted by molar-refractivity contribution is 7.91. The molecule has 2 heterocycles. The lowest BCUT2D eigenvalue weighted by Gasteiger charge is -2.23. The van der Waals surface area contributed by atoms with Gasteiger partial charge in [0.1, 0.15) is 5.69 Å². The van der Waals surface area contributed by atoms with Crippen LogP contribution in [0.1, 0.15) is 28.0 Å². The van der Waals surface area contributed by atoms with Crippen molar-refractivity contribution in [2.75, 3.05) is 23.9 Å². The maximum atomic E-state index is 12.7. The number of sulfone groups is 1. The minimum atomic E-state index is -3.04. The van der Waals surface area contributed by atoms with E-state index in [0.717, 1.165) is 16.9 Å². The fourth-order valence-corrected chi connectivity index (χ4v) is 4.94. The lowest BCUT2D eigenvalue weighted by Crippen LogP contribution is -2.38. The summed E-state index contributed by atoms with van der Waals surface area (Å²) in [5.41, 5.74) is 4.33. The summed E-state index contributed by atoms with van der Waals surface area (Å²) in [6, 6.07) is 9.32. The first kappa shape index (κ1) is 18.4. The van der Waals surface area contributed by atoms with Crippen LogP contribution in [0.2, 0.25) is 0 Å². The topological polar surface area (TPSA) is 79.4 Å². The third kappa shape index (κ3) is 4.04. The van der Waals surface area contributed by atoms with Crippen LogP contribution in [-0.2, 0) is 9.84 Å². The van der Waals surface area contributed by atoms with Crippen molar-refractivity contribution < 1.29 is 13.2 Å². The highest BCUT2D eigenvalue weighted by Crippen LogP contribution is 2.23. The van der Waals surface area contributed by atoms with E-state index in [2.05, 4.69) is 16.4 Å². The SMILES string of the molecule is Cc1ccc(Nc2ccnc(C(=O)N(C)C3CCS(=O)(=O)C3)c2)c(C)c1. The van der Waals surface area contributed by atoms with Crippen molar-refractivity contribution in [3.05, 3.63) is 53.3 Å². The molecular formula is C19H23N3O3S. The van der Waals surface area contributed by atoms with E-state index >= 15 is 0 Å². The number of aromatic nitrogens is 1. The number of pyridine rings is 1. The van der Waals surface area contributed by atoms with Crippen molar-refractivity contribution in [2.45, 2.75) is 26.3 Å². The van der Waals surface area contributed by atoms with E-state index in [0.29, 0.717) is 12.1 Å². The Bertz CT molecular complexity index is 941. The summed E-state index contributed by atoms with van der Waals surface area (Å²) in [7, 11) is -1.40. The van der Waals surface area contributed by atoms with Gasteiger partial charge in [0.25, 0.3) is 5.91 Å². The summed E-state index contributed by atoms with van der Waals surface area (Å²) in [6.45, 7) is 4.07. The lowest BCUT2D eigenvalue weighted by molar-refractivity contribution is 0.0742. The molecular weight excluding hydrogens is 350 g/mol. The Morgan fingerprint density at radius 3 is 2.65 bits per heavy atom. The molecule has 26 heavy (non-hydrogen) atoms. The summed E-state index contributed by atoms with van der Waals surface area (Å²) >= 11 is 0. The highest BCUT2D eigenvalue weighted by atomic mass is 32.2.